The van der Waals surface area contributed by atoms with E-state index in [1.165, 1.54) is 42.7 Å². The van der Waals surface area contributed by atoms with E-state index < -0.39 is 0 Å². The molecule has 0 bridgehead atoms. The van der Waals surface area contributed by atoms with Gasteiger partial charge in [-0.2, -0.15) is 0 Å². The van der Waals surface area contributed by atoms with E-state index in [1.807, 2.05) is 11.9 Å². The van der Waals surface area contributed by atoms with Crippen LogP contribution in [0.1, 0.15) is 61.3 Å². The highest BCUT2D eigenvalue weighted by atomic mass is 16.2. The van der Waals surface area contributed by atoms with E-state index in [0.717, 1.165) is 62.8 Å². The summed E-state index contributed by atoms with van der Waals surface area (Å²) in [5, 5.41) is 3.31. The van der Waals surface area contributed by atoms with Gasteiger partial charge in [0.1, 0.15) is 5.82 Å². The van der Waals surface area contributed by atoms with Crippen LogP contribution in [-0.4, -0.2) is 58.9 Å². The first kappa shape index (κ1) is 21.2. The molecule has 2 fully saturated rings. The van der Waals surface area contributed by atoms with Crippen molar-refractivity contribution in [3.05, 3.63) is 46.9 Å². The number of anilines is 2. The van der Waals surface area contributed by atoms with Gasteiger partial charge in [-0.1, -0.05) is 18.2 Å². The molecule has 0 spiro atoms. The van der Waals surface area contributed by atoms with Crippen molar-refractivity contribution in [2.24, 2.45) is 0 Å². The van der Waals surface area contributed by atoms with Crippen LogP contribution >= 0.6 is 0 Å². The van der Waals surface area contributed by atoms with Crippen molar-refractivity contribution >= 4 is 17.4 Å². The minimum absolute atomic E-state index is 0.00951. The number of nitrogens with one attached hydrogen (secondary N) is 1. The molecule has 1 atom stereocenters. The maximum absolute atomic E-state index is 12.1. The molecule has 1 N–H and O–H groups in total. The Hall–Kier alpha value is -2.67. The third kappa shape index (κ3) is 4.06. The normalized spacial score (nSPS) is 21.1. The van der Waals surface area contributed by atoms with E-state index in [-0.39, 0.29) is 11.9 Å². The van der Waals surface area contributed by atoms with Crippen LogP contribution in [0.15, 0.2) is 24.3 Å². The molecule has 170 valence electrons. The maximum atomic E-state index is 12.1. The molecule has 3 aliphatic heterocycles. The number of amides is 1. The molecule has 7 heteroatoms. The predicted molar refractivity (Wildman–Crippen MR) is 127 cm³/mol. The van der Waals surface area contributed by atoms with Crippen LogP contribution < -0.4 is 10.2 Å². The predicted octanol–water partition coefficient (Wildman–Crippen LogP) is 3.36. The number of para-hydroxylation sites is 1. The van der Waals surface area contributed by atoms with Crippen molar-refractivity contribution in [3.63, 3.8) is 0 Å². The van der Waals surface area contributed by atoms with Crippen LogP contribution in [0.5, 0.6) is 0 Å². The van der Waals surface area contributed by atoms with E-state index in [0.29, 0.717) is 0 Å². The molecule has 1 aromatic carbocycles. The Bertz CT molecular complexity index is 969. The smallest absolute Gasteiger partial charge is 0.220 e. The first-order valence-electron chi connectivity index (χ1n) is 12.0. The first-order chi connectivity index (χ1) is 15.6. The van der Waals surface area contributed by atoms with Gasteiger partial charge in [0, 0.05) is 70.9 Å². The molecule has 2 saturated heterocycles. The Kier molecular flexibility index (Phi) is 6.00. The average molecular weight is 435 g/mol. The second-order valence-corrected chi connectivity index (χ2v) is 9.26. The highest BCUT2D eigenvalue weighted by Gasteiger charge is 2.32. The fraction of sp³-hybridized carbons (Fsp3) is 0.560. The summed E-state index contributed by atoms with van der Waals surface area (Å²) in [6, 6.07) is 8.87. The number of likely N-dealkylation sites (tertiary alicyclic amines) is 1. The van der Waals surface area contributed by atoms with Crippen LogP contribution in [-0.2, 0) is 24.3 Å². The monoisotopic (exact) mass is 434 g/mol. The molecule has 4 heterocycles. The summed E-state index contributed by atoms with van der Waals surface area (Å²) in [6.45, 7) is 7.56. The molecule has 3 aliphatic rings. The Morgan fingerprint density at radius 2 is 1.91 bits per heavy atom. The fourth-order valence-corrected chi connectivity index (χ4v) is 5.54. The molecule has 7 nitrogen and oxygen atoms in total. The number of nitrogens with zero attached hydrogens (tertiary/aromatic N) is 5. The minimum Gasteiger partial charge on any atom is -0.373 e. The third-order valence-electron chi connectivity index (χ3n) is 7.18. The topological polar surface area (TPSA) is 64.6 Å². The summed E-state index contributed by atoms with van der Waals surface area (Å²) >= 11 is 0. The SMILES string of the molecule is CNc1nc([C@H]2CCCN2C(C)=O)nc2c1CN(Cc1ccccc1N1CCCC1)CC2. The molecular formula is C25H34N6O. The number of carbonyl (C=O) groups is 1. The fourth-order valence-electron chi connectivity index (χ4n) is 5.54. The van der Waals surface area contributed by atoms with Gasteiger partial charge >= 0.3 is 0 Å². The Morgan fingerprint density at radius 3 is 2.69 bits per heavy atom. The molecule has 0 unspecified atom stereocenters. The zero-order chi connectivity index (χ0) is 22.1. The zero-order valence-electron chi connectivity index (χ0n) is 19.3. The minimum atomic E-state index is 0.00951. The molecule has 5 rings (SSSR count). The molecular weight excluding hydrogens is 400 g/mol. The number of benzene rings is 1. The van der Waals surface area contributed by atoms with Gasteiger partial charge in [-0.05, 0) is 37.3 Å². The molecule has 1 amide bonds. The van der Waals surface area contributed by atoms with Crippen LogP contribution in [0.2, 0.25) is 0 Å². The highest BCUT2D eigenvalue weighted by Crippen LogP contribution is 2.34. The van der Waals surface area contributed by atoms with Crippen LogP contribution in [0.3, 0.4) is 0 Å². The molecule has 0 aliphatic carbocycles. The number of aromatic nitrogens is 2. The summed E-state index contributed by atoms with van der Waals surface area (Å²) in [5.41, 5.74) is 5.14. The second kappa shape index (κ2) is 9.06. The van der Waals surface area contributed by atoms with Gasteiger partial charge in [0.05, 0.1) is 11.7 Å². The van der Waals surface area contributed by atoms with Crippen molar-refractivity contribution in [3.8, 4) is 0 Å². The van der Waals surface area contributed by atoms with Crippen molar-refractivity contribution in [2.45, 2.75) is 58.2 Å². The van der Waals surface area contributed by atoms with Gasteiger partial charge < -0.3 is 15.1 Å². The first-order valence-corrected chi connectivity index (χ1v) is 12.0. The summed E-state index contributed by atoms with van der Waals surface area (Å²) in [7, 11) is 1.94. The molecule has 0 radical (unpaired) electrons. The van der Waals surface area contributed by atoms with Crippen molar-refractivity contribution in [2.75, 3.05) is 43.4 Å². The Labute approximate surface area is 190 Å². The van der Waals surface area contributed by atoms with Gasteiger partial charge in [-0.3, -0.25) is 9.69 Å². The number of rotatable bonds is 5. The van der Waals surface area contributed by atoms with Crippen LogP contribution in [0.25, 0.3) is 0 Å². The third-order valence-corrected chi connectivity index (χ3v) is 7.18. The summed E-state index contributed by atoms with van der Waals surface area (Å²) < 4.78 is 0. The van der Waals surface area contributed by atoms with Crippen LogP contribution in [0.4, 0.5) is 11.5 Å². The van der Waals surface area contributed by atoms with Gasteiger partial charge in [0.2, 0.25) is 5.91 Å². The molecule has 2 aromatic rings. The van der Waals surface area contributed by atoms with Crippen molar-refractivity contribution < 1.29 is 4.79 Å². The zero-order valence-corrected chi connectivity index (χ0v) is 19.3. The van der Waals surface area contributed by atoms with Gasteiger partial charge in [-0.25, -0.2) is 9.97 Å². The highest BCUT2D eigenvalue weighted by molar-refractivity contribution is 5.74. The lowest BCUT2D eigenvalue weighted by molar-refractivity contribution is -0.129. The average Bonchev–Trinajstić information content (AvgIpc) is 3.51. The van der Waals surface area contributed by atoms with E-state index in [4.69, 9.17) is 9.97 Å². The molecule has 1 aromatic heterocycles. The van der Waals surface area contributed by atoms with E-state index >= 15 is 0 Å². The largest absolute Gasteiger partial charge is 0.373 e. The lowest BCUT2D eigenvalue weighted by atomic mass is 10.0. The Balaban J connectivity index is 1.37. The van der Waals surface area contributed by atoms with E-state index in [9.17, 15) is 4.79 Å². The summed E-state index contributed by atoms with van der Waals surface area (Å²) in [6.07, 6.45) is 5.46. The number of fused-ring (bicyclic) bond motifs is 1. The lowest BCUT2D eigenvalue weighted by Crippen LogP contribution is -2.34. The number of hydrogen-bond donors (Lipinski definition) is 1. The quantitative estimate of drug-likeness (QED) is 0.779. The van der Waals surface area contributed by atoms with Gasteiger partial charge in [0.15, 0.2) is 5.82 Å². The van der Waals surface area contributed by atoms with E-state index in [1.54, 1.807) is 6.92 Å². The summed E-state index contributed by atoms with van der Waals surface area (Å²) in [4.78, 5) is 28.9. The molecule has 0 saturated carbocycles. The second-order valence-electron chi connectivity index (χ2n) is 9.26. The van der Waals surface area contributed by atoms with Crippen molar-refractivity contribution in [1.82, 2.24) is 19.8 Å². The van der Waals surface area contributed by atoms with E-state index in [2.05, 4.69) is 39.4 Å². The summed E-state index contributed by atoms with van der Waals surface area (Å²) in [5.74, 6) is 1.83. The lowest BCUT2D eigenvalue weighted by Gasteiger charge is -2.32. The molecule has 32 heavy (non-hydrogen) atoms. The van der Waals surface area contributed by atoms with Gasteiger partial charge in [0.25, 0.3) is 0 Å². The number of hydrogen-bond acceptors (Lipinski definition) is 6. The number of carbonyl (C=O) groups excluding carboxylic acids is 1. The standard InChI is InChI=1S/C25H34N6O/c1-18(32)31-14-7-10-23(31)25-27-21-11-15-29(17-20(21)24(26-2)28-25)16-19-8-3-4-9-22(19)30-12-5-6-13-30/h3-4,8-9,23H,5-7,10-17H2,1-2H3,(H,26,27,28)/t23-/m1/s1. The Morgan fingerprint density at radius 1 is 1.09 bits per heavy atom. The van der Waals surface area contributed by atoms with Gasteiger partial charge in [-0.15, -0.1) is 0 Å². The van der Waals surface area contributed by atoms with Crippen LogP contribution in [0, 0.1) is 0 Å². The van der Waals surface area contributed by atoms with Crippen molar-refractivity contribution in [1.29, 1.82) is 0 Å². The maximum Gasteiger partial charge on any atom is 0.220 e.